The van der Waals surface area contributed by atoms with Crippen LogP contribution in [0.5, 0.6) is 5.88 Å². The molecular weight excluding hydrogens is 370 g/mol. The predicted octanol–water partition coefficient (Wildman–Crippen LogP) is 1.71. The number of amides is 1. The fourth-order valence-corrected chi connectivity index (χ4v) is 2.50. The zero-order valence-electron chi connectivity index (χ0n) is 17.2. The Morgan fingerprint density at radius 2 is 2.28 bits per heavy atom. The number of allylic oxidation sites excluding steroid dienone is 3. The van der Waals surface area contributed by atoms with Gasteiger partial charge >= 0.3 is 0 Å². The maximum atomic E-state index is 12.5. The highest BCUT2D eigenvalue weighted by atomic mass is 16.5. The average molecular weight is 399 g/mol. The first kappa shape index (κ1) is 22.2. The quantitative estimate of drug-likeness (QED) is 0.581. The van der Waals surface area contributed by atoms with Crippen molar-refractivity contribution < 1.29 is 14.3 Å². The number of hydrogen-bond acceptors (Lipinski definition) is 7. The van der Waals surface area contributed by atoms with Gasteiger partial charge in [-0.1, -0.05) is 25.7 Å². The molecule has 0 aromatic carbocycles. The van der Waals surface area contributed by atoms with Crippen molar-refractivity contribution in [2.75, 3.05) is 33.9 Å². The van der Waals surface area contributed by atoms with Crippen LogP contribution in [0.1, 0.15) is 18.9 Å². The fourth-order valence-electron chi connectivity index (χ4n) is 2.50. The molecule has 0 spiro atoms. The van der Waals surface area contributed by atoms with Gasteiger partial charge in [0.15, 0.2) is 6.04 Å². The van der Waals surface area contributed by atoms with E-state index >= 15 is 0 Å². The Labute approximate surface area is 171 Å². The molecule has 1 unspecified atom stereocenters. The van der Waals surface area contributed by atoms with Crippen molar-refractivity contribution in [1.82, 2.24) is 15.2 Å². The van der Waals surface area contributed by atoms with Crippen molar-refractivity contribution in [2.45, 2.75) is 19.4 Å². The van der Waals surface area contributed by atoms with Crippen LogP contribution in [0.15, 0.2) is 53.3 Å². The molecule has 29 heavy (non-hydrogen) atoms. The number of nitrogens with one attached hydrogen (secondary N) is 1. The SMILES string of the molecule is C=C/C(CC)=C(\C=C\c1ccc(OCCN(C)C)nc1)NC(=O)C1COC(N)=N1. The number of nitrogens with two attached hydrogens (primary N) is 1. The lowest BCUT2D eigenvalue weighted by molar-refractivity contribution is -0.121. The maximum absolute atomic E-state index is 12.5. The van der Waals surface area contributed by atoms with E-state index in [2.05, 4.69) is 21.9 Å². The predicted molar refractivity (Wildman–Crippen MR) is 114 cm³/mol. The maximum Gasteiger partial charge on any atom is 0.282 e. The summed E-state index contributed by atoms with van der Waals surface area (Å²) in [6, 6.07) is 3.11. The van der Waals surface area contributed by atoms with E-state index in [-0.39, 0.29) is 18.5 Å². The number of likely N-dealkylation sites (N-methyl/N-ethyl adjacent to an activating group) is 1. The average Bonchev–Trinajstić information content (AvgIpc) is 3.14. The molecule has 0 fully saturated rings. The largest absolute Gasteiger partial charge is 0.476 e. The second-order valence-electron chi connectivity index (χ2n) is 6.69. The third-order valence-corrected chi connectivity index (χ3v) is 4.20. The van der Waals surface area contributed by atoms with Gasteiger partial charge in [0.05, 0.1) is 0 Å². The molecule has 0 saturated carbocycles. The molecule has 0 bridgehead atoms. The Morgan fingerprint density at radius 1 is 1.48 bits per heavy atom. The lowest BCUT2D eigenvalue weighted by Gasteiger charge is -2.12. The lowest BCUT2D eigenvalue weighted by Crippen LogP contribution is -2.34. The van der Waals surface area contributed by atoms with Crippen molar-refractivity contribution in [3.05, 3.63) is 53.9 Å². The number of pyridine rings is 1. The van der Waals surface area contributed by atoms with Gasteiger partial charge in [0.2, 0.25) is 5.88 Å². The van der Waals surface area contributed by atoms with E-state index in [4.69, 9.17) is 15.2 Å². The van der Waals surface area contributed by atoms with Gasteiger partial charge in [0.25, 0.3) is 11.9 Å². The molecule has 1 aliphatic heterocycles. The summed E-state index contributed by atoms with van der Waals surface area (Å²) >= 11 is 0. The highest BCUT2D eigenvalue weighted by molar-refractivity contribution is 5.88. The van der Waals surface area contributed by atoms with E-state index in [1.54, 1.807) is 12.3 Å². The summed E-state index contributed by atoms with van der Waals surface area (Å²) in [7, 11) is 3.98. The molecule has 2 rings (SSSR count). The monoisotopic (exact) mass is 399 g/mol. The first-order valence-corrected chi connectivity index (χ1v) is 9.47. The number of carbonyl (C=O) groups is 1. The summed E-state index contributed by atoms with van der Waals surface area (Å²) < 4.78 is 10.7. The fraction of sp³-hybridized carbons (Fsp3) is 0.381. The standard InChI is InChI=1S/C21H29N5O3/c1-5-16(6-2)17(24-20(27)18-14-29-21(22)25-18)9-7-15-8-10-19(23-13-15)28-12-11-26(3)4/h5,7-10,13,18H,1,6,11-12,14H2,2-4H3,(H2,22,25)(H,24,27)/b9-7+,17-16-. The van der Waals surface area contributed by atoms with Crippen LogP contribution in [0.25, 0.3) is 6.08 Å². The molecule has 2 heterocycles. The zero-order chi connectivity index (χ0) is 21.2. The van der Waals surface area contributed by atoms with Crippen LogP contribution in [0.2, 0.25) is 0 Å². The van der Waals surface area contributed by atoms with Crippen LogP contribution in [-0.4, -0.2) is 61.7 Å². The molecular formula is C21H29N5O3. The number of amidine groups is 1. The van der Waals surface area contributed by atoms with Crippen molar-refractivity contribution in [2.24, 2.45) is 10.7 Å². The lowest BCUT2D eigenvalue weighted by atomic mass is 10.1. The third kappa shape index (κ3) is 7.08. The number of aromatic nitrogens is 1. The summed E-state index contributed by atoms with van der Waals surface area (Å²) in [5.41, 5.74) is 7.92. The van der Waals surface area contributed by atoms with Crippen LogP contribution in [-0.2, 0) is 9.53 Å². The second-order valence-corrected chi connectivity index (χ2v) is 6.69. The molecule has 1 atom stereocenters. The minimum atomic E-state index is -0.651. The summed E-state index contributed by atoms with van der Waals surface area (Å²) in [6.45, 7) is 7.36. The first-order chi connectivity index (χ1) is 13.9. The van der Waals surface area contributed by atoms with Gasteiger partial charge in [-0.15, -0.1) is 0 Å². The van der Waals surface area contributed by atoms with Crippen LogP contribution in [0.3, 0.4) is 0 Å². The molecule has 1 amide bonds. The van der Waals surface area contributed by atoms with Crippen LogP contribution >= 0.6 is 0 Å². The van der Waals surface area contributed by atoms with Gasteiger partial charge < -0.3 is 25.4 Å². The Hall–Kier alpha value is -3.13. The van der Waals surface area contributed by atoms with Crippen LogP contribution in [0, 0.1) is 0 Å². The highest BCUT2D eigenvalue weighted by Gasteiger charge is 2.25. The first-order valence-electron chi connectivity index (χ1n) is 9.47. The highest BCUT2D eigenvalue weighted by Crippen LogP contribution is 2.14. The summed E-state index contributed by atoms with van der Waals surface area (Å²) in [5, 5.41) is 2.89. The van der Waals surface area contributed by atoms with E-state index in [1.165, 1.54) is 0 Å². The van der Waals surface area contributed by atoms with Gasteiger partial charge in [0, 0.05) is 24.5 Å². The molecule has 1 aromatic heterocycles. The molecule has 8 nitrogen and oxygen atoms in total. The van der Waals surface area contributed by atoms with E-state index in [1.807, 2.05) is 50.2 Å². The zero-order valence-corrected chi connectivity index (χ0v) is 17.2. The normalized spacial score (nSPS) is 17.0. The Bertz CT molecular complexity index is 797. The third-order valence-electron chi connectivity index (χ3n) is 4.20. The molecule has 8 heteroatoms. The number of aliphatic imine (C=N–C) groups is 1. The van der Waals surface area contributed by atoms with E-state index in [0.29, 0.717) is 24.6 Å². The number of ether oxygens (including phenoxy) is 2. The van der Waals surface area contributed by atoms with E-state index < -0.39 is 6.04 Å². The van der Waals surface area contributed by atoms with Gasteiger partial charge in [-0.25, -0.2) is 9.98 Å². The Kier molecular flexibility index (Phi) is 8.42. The van der Waals surface area contributed by atoms with Crippen LogP contribution in [0.4, 0.5) is 0 Å². The molecule has 0 aliphatic carbocycles. The van der Waals surface area contributed by atoms with Crippen LogP contribution < -0.4 is 15.8 Å². The summed E-state index contributed by atoms with van der Waals surface area (Å²) in [4.78, 5) is 22.8. The Balaban J connectivity index is 2.06. The molecule has 0 saturated heterocycles. The van der Waals surface area contributed by atoms with Crippen molar-refractivity contribution in [3.8, 4) is 5.88 Å². The van der Waals surface area contributed by atoms with Crippen molar-refractivity contribution in [3.63, 3.8) is 0 Å². The van der Waals surface area contributed by atoms with E-state index in [9.17, 15) is 4.79 Å². The summed E-state index contributed by atoms with van der Waals surface area (Å²) in [6.07, 6.45) is 7.85. The number of rotatable bonds is 10. The second kappa shape index (κ2) is 11.0. The molecule has 156 valence electrons. The van der Waals surface area contributed by atoms with Gasteiger partial charge in [0.1, 0.15) is 13.2 Å². The number of carbonyl (C=O) groups excluding carboxylic acids is 1. The smallest absolute Gasteiger partial charge is 0.282 e. The van der Waals surface area contributed by atoms with Gasteiger partial charge in [-0.05, 0) is 43.8 Å². The Morgan fingerprint density at radius 3 is 2.83 bits per heavy atom. The van der Waals surface area contributed by atoms with Gasteiger partial charge in [-0.3, -0.25) is 4.79 Å². The van der Waals surface area contributed by atoms with Gasteiger partial charge in [-0.2, -0.15) is 0 Å². The van der Waals surface area contributed by atoms with E-state index in [0.717, 1.165) is 17.7 Å². The number of nitrogens with zero attached hydrogens (tertiary/aromatic N) is 3. The molecule has 1 aromatic rings. The molecule has 3 N–H and O–H groups in total. The topological polar surface area (TPSA) is 102 Å². The summed E-state index contributed by atoms with van der Waals surface area (Å²) in [5.74, 6) is 0.297. The molecule has 1 aliphatic rings. The van der Waals surface area contributed by atoms with Crippen molar-refractivity contribution >= 4 is 18.0 Å². The minimum Gasteiger partial charge on any atom is -0.476 e. The molecule has 0 radical (unpaired) electrons. The minimum absolute atomic E-state index is 0.0321. The number of hydrogen-bond donors (Lipinski definition) is 2. The van der Waals surface area contributed by atoms with Crippen molar-refractivity contribution in [1.29, 1.82) is 0 Å².